The third-order valence-electron chi connectivity index (χ3n) is 4.11. The van der Waals surface area contributed by atoms with E-state index in [-0.39, 0.29) is 18.1 Å². The maximum Gasteiger partial charge on any atom is 0.243 e. The monoisotopic (exact) mass is 311 g/mol. The van der Waals surface area contributed by atoms with Gasteiger partial charge in [-0.1, -0.05) is 39.3 Å². The summed E-state index contributed by atoms with van der Waals surface area (Å²) in [5.41, 5.74) is 1.11. The van der Waals surface area contributed by atoms with Crippen molar-refractivity contribution in [3.63, 3.8) is 0 Å². The van der Waals surface area contributed by atoms with Crippen LogP contribution in [0.15, 0.2) is 29.2 Å². The highest BCUT2D eigenvalue weighted by Crippen LogP contribution is 2.27. The van der Waals surface area contributed by atoms with Gasteiger partial charge in [-0.25, -0.2) is 8.42 Å². The molecule has 1 saturated heterocycles. The predicted octanol–water partition coefficient (Wildman–Crippen LogP) is 2.52. The number of rotatable bonds is 3. The Bertz CT molecular complexity index is 573. The fourth-order valence-corrected chi connectivity index (χ4v) is 4.42. The molecule has 0 radical (unpaired) electrons. The molecule has 1 atom stereocenters. The van der Waals surface area contributed by atoms with Crippen molar-refractivity contribution < 1.29 is 13.5 Å². The first-order valence-corrected chi connectivity index (χ1v) is 8.94. The molecule has 1 unspecified atom stereocenters. The third-order valence-corrected chi connectivity index (χ3v) is 6.08. The second kappa shape index (κ2) is 6.07. The first-order valence-electron chi connectivity index (χ1n) is 7.50. The second-order valence-electron chi connectivity index (χ2n) is 6.72. The lowest BCUT2D eigenvalue weighted by atomic mass is 9.87. The molecule has 2 rings (SSSR count). The van der Waals surface area contributed by atoms with Crippen LogP contribution in [-0.4, -0.2) is 37.0 Å². The molecule has 0 saturated carbocycles. The van der Waals surface area contributed by atoms with E-state index in [2.05, 4.69) is 20.8 Å². The van der Waals surface area contributed by atoms with E-state index >= 15 is 0 Å². The molecular weight excluding hydrogens is 286 g/mol. The molecule has 1 fully saturated rings. The molecule has 4 nitrogen and oxygen atoms in total. The van der Waals surface area contributed by atoms with E-state index in [0.29, 0.717) is 11.4 Å². The molecule has 0 bridgehead atoms. The predicted molar refractivity (Wildman–Crippen MR) is 83.8 cm³/mol. The van der Waals surface area contributed by atoms with Gasteiger partial charge in [0.25, 0.3) is 0 Å². The molecule has 1 aromatic rings. The summed E-state index contributed by atoms with van der Waals surface area (Å²) in [6.45, 7) is 6.68. The number of sulfonamides is 1. The Hall–Kier alpha value is -0.910. The molecule has 118 valence electrons. The highest BCUT2D eigenvalue weighted by Gasteiger charge is 2.33. The Labute approximate surface area is 127 Å². The fourth-order valence-electron chi connectivity index (χ4n) is 2.74. The topological polar surface area (TPSA) is 57.6 Å². The van der Waals surface area contributed by atoms with Gasteiger partial charge in [-0.3, -0.25) is 0 Å². The maximum atomic E-state index is 12.7. The lowest BCUT2D eigenvalue weighted by molar-refractivity contribution is 0.155. The van der Waals surface area contributed by atoms with Crippen molar-refractivity contribution in [2.75, 3.05) is 13.2 Å². The van der Waals surface area contributed by atoms with Crippen molar-refractivity contribution in [1.82, 2.24) is 4.31 Å². The van der Waals surface area contributed by atoms with Gasteiger partial charge < -0.3 is 5.11 Å². The molecule has 1 aromatic carbocycles. The minimum atomic E-state index is -3.51. The zero-order chi connectivity index (χ0) is 15.7. The molecule has 0 aromatic heterocycles. The molecule has 1 aliphatic rings. The van der Waals surface area contributed by atoms with Crippen LogP contribution in [0, 0.1) is 0 Å². The summed E-state index contributed by atoms with van der Waals surface area (Å²) in [5.74, 6) is 0. The van der Waals surface area contributed by atoms with E-state index in [4.69, 9.17) is 0 Å². The number of nitrogens with zero attached hydrogens (tertiary/aromatic N) is 1. The normalized spacial score (nSPS) is 21.4. The highest BCUT2D eigenvalue weighted by molar-refractivity contribution is 7.89. The number of benzene rings is 1. The van der Waals surface area contributed by atoms with E-state index in [0.717, 1.165) is 24.8 Å². The highest BCUT2D eigenvalue weighted by atomic mass is 32.2. The van der Waals surface area contributed by atoms with Crippen LogP contribution < -0.4 is 0 Å². The van der Waals surface area contributed by atoms with E-state index < -0.39 is 10.0 Å². The molecule has 5 heteroatoms. The van der Waals surface area contributed by atoms with Gasteiger partial charge in [-0.2, -0.15) is 4.31 Å². The standard InChI is InChI=1S/C16H25NO3S/c1-16(2,3)13-7-9-15(10-8-13)21(19,20)17-11-5-4-6-14(17)12-18/h7-10,14,18H,4-6,11-12H2,1-3H3. The van der Waals surface area contributed by atoms with Gasteiger partial charge in [0.2, 0.25) is 10.0 Å². The number of aliphatic hydroxyl groups excluding tert-OH is 1. The van der Waals surface area contributed by atoms with Crippen molar-refractivity contribution >= 4 is 10.0 Å². The quantitative estimate of drug-likeness (QED) is 0.933. The van der Waals surface area contributed by atoms with E-state index in [1.54, 1.807) is 12.1 Å². The largest absolute Gasteiger partial charge is 0.395 e. The van der Waals surface area contributed by atoms with E-state index in [1.807, 2.05) is 12.1 Å². The molecule has 21 heavy (non-hydrogen) atoms. The number of piperidine rings is 1. The van der Waals surface area contributed by atoms with E-state index in [9.17, 15) is 13.5 Å². The molecule has 0 spiro atoms. The first kappa shape index (κ1) is 16.5. The zero-order valence-corrected chi connectivity index (χ0v) is 13.9. The van der Waals surface area contributed by atoms with E-state index in [1.165, 1.54) is 4.31 Å². The summed E-state index contributed by atoms with van der Waals surface area (Å²) in [6.07, 6.45) is 2.56. The van der Waals surface area contributed by atoms with Crippen LogP contribution in [0.4, 0.5) is 0 Å². The minimum Gasteiger partial charge on any atom is -0.395 e. The Morgan fingerprint density at radius 1 is 1.19 bits per heavy atom. The van der Waals surface area contributed by atoms with Crippen LogP contribution in [0.25, 0.3) is 0 Å². The Morgan fingerprint density at radius 3 is 2.33 bits per heavy atom. The first-order chi connectivity index (χ1) is 9.76. The van der Waals surface area contributed by atoms with Crippen LogP contribution in [-0.2, 0) is 15.4 Å². The number of hydrogen-bond donors (Lipinski definition) is 1. The summed E-state index contributed by atoms with van der Waals surface area (Å²) in [5, 5.41) is 9.42. The summed E-state index contributed by atoms with van der Waals surface area (Å²) < 4.78 is 26.9. The molecule has 1 N–H and O–H groups in total. The lowest BCUT2D eigenvalue weighted by Crippen LogP contribution is -2.45. The number of aliphatic hydroxyl groups is 1. The van der Waals surface area contributed by atoms with Crippen LogP contribution in [0.5, 0.6) is 0 Å². The Kier molecular flexibility index (Phi) is 4.76. The smallest absolute Gasteiger partial charge is 0.243 e. The zero-order valence-electron chi connectivity index (χ0n) is 13.0. The minimum absolute atomic E-state index is 0.00104. The molecule has 1 heterocycles. The van der Waals surface area contributed by atoms with Gasteiger partial charge in [-0.05, 0) is 36.0 Å². The van der Waals surface area contributed by atoms with Crippen LogP contribution >= 0.6 is 0 Å². The maximum absolute atomic E-state index is 12.7. The van der Waals surface area contributed by atoms with Gasteiger partial charge in [0, 0.05) is 12.6 Å². The van der Waals surface area contributed by atoms with Crippen molar-refractivity contribution in [1.29, 1.82) is 0 Å². The molecule has 1 aliphatic heterocycles. The Balaban J connectivity index is 2.31. The van der Waals surface area contributed by atoms with Gasteiger partial charge in [-0.15, -0.1) is 0 Å². The second-order valence-corrected chi connectivity index (χ2v) is 8.61. The van der Waals surface area contributed by atoms with Crippen LogP contribution in [0.2, 0.25) is 0 Å². The Morgan fingerprint density at radius 2 is 1.81 bits per heavy atom. The number of hydrogen-bond acceptors (Lipinski definition) is 3. The summed E-state index contributed by atoms with van der Waals surface area (Å²) >= 11 is 0. The van der Waals surface area contributed by atoms with Crippen LogP contribution in [0.1, 0.15) is 45.6 Å². The van der Waals surface area contributed by atoms with Gasteiger partial charge in [0.05, 0.1) is 11.5 Å². The summed E-state index contributed by atoms with van der Waals surface area (Å²) in [6, 6.07) is 6.83. The molecule has 0 aliphatic carbocycles. The third kappa shape index (κ3) is 3.47. The average molecular weight is 311 g/mol. The van der Waals surface area contributed by atoms with Gasteiger partial charge >= 0.3 is 0 Å². The van der Waals surface area contributed by atoms with Crippen molar-refractivity contribution in [2.45, 2.75) is 56.4 Å². The van der Waals surface area contributed by atoms with Crippen molar-refractivity contribution in [3.8, 4) is 0 Å². The summed E-state index contributed by atoms with van der Waals surface area (Å²) in [7, 11) is -3.51. The SMILES string of the molecule is CC(C)(C)c1ccc(S(=O)(=O)N2CCCCC2CO)cc1. The fraction of sp³-hybridized carbons (Fsp3) is 0.625. The summed E-state index contributed by atoms with van der Waals surface area (Å²) in [4.78, 5) is 0.316. The lowest BCUT2D eigenvalue weighted by Gasteiger charge is -2.33. The van der Waals surface area contributed by atoms with Crippen LogP contribution in [0.3, 0.4) is 0 Å². The van der Waals surface area contributed by atoms with Crippen molar-refractivity contribution in [3.05, 3.63) is 29.8 Å². The molecule has 0 amide bonds. The van der Waals surface area contributed by atoms with Gasteiger partial charge in [0.1, 0.15) is 0 Å². The average Bonchev–Trinajstić information content (AvgIpc) is 2.46. The van der Waals surface area contributed by atoms with Crippen molar-refractivity contribution in [2.24, 2.45) is 0 Å². The van der Waals surface area contributed by atoms with Gasteiger partial charge in [0.15, 0.2) is 0 Å². The molecular formula is C16H25NO3S.